The molecule has 0 bridgehead atoms. The van der Waals surface area contributed by atoms with E-state index < -0.39 is 0 Å². The normalized spacial score (nSPS) is 19.6. The molecule has 620 valence electrons. The van der Waals surface area contributed by atoms with Crippen LogP contribution in [-0.2, 0) is 9.47 Å². The van der Waals surface area contributed by atoms with Crippen LogP contribution in [0.2, 0.25) is 0 Å². The average Bonchev–Trinajstić information content (AvgIpc) is 1.58. The Balaban J connectivity index is 0.000000117. The number of anilines is 4. The van der Waals surface area contributed by atoms with Gasteiger partial charge in [-0.1, -0.05) is 146 Å². The third-order valence-corrected chi connectivity index (χ3v) is 25.9. The Morgan fingerprint density at radius 2 is 0.732 bits per heavy atom. The Morgan fingerprint density at radius 1 is 0.382 bits per heavy atom. The van der Waals surface area contributed by atoms with Gasteiger partial charge < -0.3 is 36.5 Å². The number of rotatable bonds is 17. The van der Waals surface area contributed by atoms with Gasteiger partial charge >= 0.3 is 6.09 Å². The number of benzene rings is 6. The van der Waals surface area contributed by atoms with Crippen molar-refractivity contribution in [3.63, 3.8) is 0 Å². The second-order valence-electron chi connectivity index (χ2n) is 33.1. The van der Waals surface area contributed by atoms with Crippen molar-refractivity contribution in [2.45, 2.75) is 81.3 Å². The van der Waals surface area contributed by atoms with E-state index in [1.807, 2.05) is 103 Å². The largest absolute Gasteiger partial charge is 0.450 e. The predicted octanol–water partition coefficient (Wildman–Crippen LogP) is 15.0. The molecule has 6 N–H and O–H groups in total. The Kier molecular flexibility index (Phi) is 21.9. The molecule has 0 atom stereocenters. The summed E-state index contributed by atoms with van der Waals surface area (Å²) in [6.07, 6.45) is 21.2. The molecule has 3 aliphatic heterocycles. The van der Waals surface area contributed by atoms with Gasteiger partial charge in [0, 0.05) is 227 Å². The minimum atomic E-state index is -0.207. The molecule has 1 amide bonds. The van der Waals surface area contributed by atoms with Crippen LogP contribution in [-0.4, -0.2) is 222 Å². The summed E-state index contributed by atoms with van der Waals surface area (Å²) in [6, 6.07) is 65.9. The summed E-state index contributed by atoms with van der Waals surface area (Å²) in [4.78, 5) is 79.1. The molecule has 3 saturated heterocycles. The van der Waals surface area contributed by atoms with Crippen molar-refractivity contribution in [2.24, 2.45) is 0 Å². The number of hydrogen-bond donors (Lipinski definition) is 3. The van der Waals surface area contributed by atoms with Crippen LogP contribution in [0.5, 0.6) is 0 Å². The quantitative estimate of drug-likeness (QED) is 0.0763. The second kappa shape index (κ2) is 34.3. The number of pyridine rings is 3. The minimum Gasteiger partial charge on any atom is -0.450 e. The fourth-order valence-corrected chi connectivity index (χ4v) is 18.9. The summed E-state index contributed by atoms with van der Waals surface area (Å²) in [5, 5.41) is 3.27. The van der Waals surface area contributed by atoms with Crippen molar-refractivity contribution in [1.82, 2.24) is 92.5 Å². The molecule has 0 radical (unpaired) electrons. The molecule has 22 rings (SSSR count). The number of aromatic nitrogens is 14. The van der Waals surface area contributed by atoms with Gasteiger partial charge in [-0.25, -0.2) is 59.6 Å². The molecular weight excluding hydrogens is 1540 g/mol. The number of hydrogen-bond acceptors (Lipinski definition) is 22. The lowest BCUT2D eigenvalue weighted by Gasteiger charge is -2.46. The zero-order chi connectivity index (χ0) is 83.0. The summed E-state index contributed by atoms with van der Waals surface area (Å²) in [7, 11) is 1.78. The molecule has 6 fully saturated rings. The van der Waals surface area contributed by atoms with E-state index in [2.05, 4.69) is 190 Å². The highest BCUT2D eigenvalue weighted by Gasteiger charge is 2.42. The first-order chi connectivity index (χ1) is 60.5. The minimum absolute atomic E-state index is 0.207. The highest BCUT2D eigenvalue weighted by molar-refractivity contribution is 5.95. The van der Waals surface area contributed by atoms with E-state index in [0.29, 0.717) is 73.0 Å². The third kappa shape index (κ3) is 15.8. The monoisotopic (exact) mass is 1630 g/mol. The Hall–Kier alpha value is -13.2. The van der Waals surface area contributed by atoms with E-state index in [1.165, 1.54) is 0 Å². The number of amides is 1. The van der Waals surface area contributed by atoms with E-state index in [1.54, 1.807) is 25.7 Å². The van der Waals surface area contributed by atoms with Gasteiger partial charge in [-0.3, -0.25) is 32.8 Å². The van der Waals surface area contributed by atoms with Gasteiger partial charge in [0.25, 0.3) is 0 Å². The van der Waals surface area contributed by atoms with E-state index in [4.69, 9.17) is 56.6 Å². The lowest BCUT2D eigenvalue weighted by Crippen LogP contribution is -2.55. The Labute approximate surface area is 713 Å². The lowest BCUT2D eigenvalue weighted by molar-refractivity contribution is 0.0401. The summed E-state index contributed by atoms with van der Waals surface area (Å²) in [5.41, 5.74) is 36.5. The average molecular weight is 1640 g/mol. The van der Waals surface area contributed by atoms with Gasteiger partial charge in [-0.2, -0.15) is 0 Å². The van der Waals surface area contributed by atoms with E-state index >= 15 is 0 Å². The smallest absolute Gasteiger partial charge is 0.409 e. The Bertz CT molecular complexity index is 6470. The first kappa shape index (κ1) is 78.3. The van der Waals surface area contributed by atoms with Gasteiger partial charge in [0.2, 0.25) is 5.95 Å². The number of nitrogens with two attached hydrogens (primary N) is 3. The number of ether oxygens (including phenoxy) is 2. The van der Waals surface area contributed by atoms with Gasteiger partial charge in [0.15, 0.2) is 0 Å². The summed E-state index contributed by atoms with van der Waals surface area (Å²) in [6.45, 7) is 15.7. The zero-order valence-electron chi connectivity index (χ0n) is 69.2. The summed E-state index contributed by atoms with van der Waals surface area (Å²) in [5.74, 6) is 6.57. The molecule has 0 unspecified atom stereocenters. The molecule has 6 aromatic carbocycles. The number of imidazole rings is 3. The van der Waals surface area contributed by atoms with Crippen LogP contribution in [0.1, 0.15) is 80.7 Å². The summed E-state index contributed by atoms with van der Waals surface area (Å²) < 4.78 is 16.9. The Morgan fingerprint density at radius 3 is 1.09 bits per heavy atom. The van der Waals surface area contributed by atoms with Crippen molar-refractivity contribution >= 4 is 78.8 Å². The van der Waals surface area contributed by atoms with Crippen molar-refractivity contribution in [2.75, 3.05) is 128 Å². The molecule has 13 heterocycles. The fourth-order valence-electron chi connectivity index (χ4n) is 18.9. The fraction of sp³-hybridized carbons (Fsp3) is 0.299. The molecule has 0 spiro atoms. The van der Waals surface area contributed by atoms with Crippen LogP contribution in [0.3, 0.4) is 0 Å². The molecule has 3 saturated carbocycles. The molecule has 6 aliphatic rings. The van der Waals surface area contributed by atoms with Crippen LogP contribution >= 0.6 is 0 Å². The number of carbonyl (C=O) groups excluding carboxylic acids is 1. The highest BCUT2D eigenvalue weighted by Crippen LogP contribution is 2.47. The van der Waals surface area contributed by atoms with Crippen LogP contribution in [0.15, 0.2) is 238 Å². The number of piperazine rings is 3. The summed E-state index contributed by atoms with van der Waals surface area (Å²) >= 11 is 0. The molecule has 16 aromatic rings. The van der Waals surface area contributed by atoms with Crippen LogP contribution < -0.4 is 22.1 Å². The SMILES string of the molecule is CCOC(=O)N1CCN(C2CC(c3nc(-c4ccc5ccc(-c6ccccc6)nc5c4)c4c(N)nccn34)C2)CC1.COCCN1CCN(C2CC(c3nc(-c4ccc5ccc(-c6ccccc6)nc5c4)c4c(N)nccn34)C2)CC1.Nc1nccn2c(C3CC(N4CCN(c5ncccn5)CC4)C3)nc(-c3ccc4ccc(-c5ccccc5)nc4c3)c12. The molecule has 10 aromatic heterocycles. The molecule has 26 nitrogen and oxygen atoms in total. The number of nitrogen functional groups attached to an aromatic ring is 3. The van der Waals surface area contributed by atoms with Crippen LogP contribution in [0.25, 0.3) is 117 Å². The van der Waals surface area contributed by atoms with Crippen molar-refractivity contribution < 1.29 is 14.3 Å². The van der Waals surface area contributed by atoms with Gasteiger partial charge in [0.1, 0.15) is 68.6 Å². The van der Waals surface area contributed by atoms with Gasteiger partial charge in [-0.15, -0.1) is 0 Å². The van der Waals surface area contributed by atoms with E-state index in [-0.39, 0.29) is 6.09 Å². The van der Waals surface area contributed by atoms with Crippen LogP contribution in [0, 0.1) is 0 Å². The molecule has 123 heavy (non-hydrogen) atoms. The molecular formula is C97H99N23O3. The van der Waals surface area contributed by atoms with Crippen molar-refractivity contribution in [3.8, 4) is 67.5 Å². The van der Waals surface area contributed by atoms with Gasteiger partial charge in [-0.05, 0) is 87.9 Å². The zero-order valence-corrected chi connectivity index (χ0v) is 69.2. The topological polar surface area (TPSA) is 288 Å². The van der Waals surface area contributed by atoms with Crippen LogP contribution in [0.4, 0.5) is 28.2 Å². The number of nitrogens with zero attached hydrogens (tertiary/aromatic N) is 20. The number of carbonyl (C=O) groups is 1. The standard InChI is InChI=1S/C33H31N9.C32H33N7O2.C32H35N7O/c34-31-30-29(24-8-7-23-9-10-27(38-28(23)21-24)22-5-2-1-3-6-22)39-32(42(30)14-13-35-31)25-19-26(20-25)40-15-17-41(18-16-40)33-36-11-4-12-37-33;1-2-41-32(40)38-16-14-37(15-17-38)25-18-24(19-25)31-36-28(29-30(33)34-12-13-39(29)31)23-9-8-22-10-11-26(35-27(22)20-23)21-6-4-3-5-7-21;1-40-18-17-37-13-15-38(16-14-37)26-19-25(20-26)32-36-29(30-31(33)34-11-12-39(30)32)24-8-7-23-9-10-27(35-28(23)21-24)22-5-3-2-4-6-22/h1-14,21,25-26H,15-20H2,(H2,34,35);3-13,20,24-25H,2,14-19H2,1H3,(H2,33,34);2-12,21,25-26H,13-20H2,1H3,(H2,33,34). The molecule has 3 aliphatic carbocycles. The van der Waals surface area contributed by atoms with Crippen molar-refractivity contribution in [3.05, 3.63) is 255 Å². The van der Waals surface area contributed by atoms with Gasteiger partial charge in [0.05, 0.1) is 46.8 Å². The first-order valence-corrected chi connectivity index (χ1v) is 43.1. The second-order valence-corrected chi connectivity index (χ2v) is 33.1. The number of fused-ring (bicyclic) bond motifs is 6. The maximum atomic E-state index is 12.1. The predicted molar refractivity (Wildman–Crippen MR) is 484 cm³/mol. The highest BCUT2D eigenvalue weighted by atomic mass is 16.6. The maximum Gasteiger partial charge on any atom is 0.409 e. The van der Waals surface area contributed by atoms with E-state index in [0.717, 1.165) is 257 Å². The third-order valence-electron chi connectivity index (χ3n) is 25.9. The molecule has 26 heteroatoms. The van der Waals surface area contributed by atoms with Crippen molar-refractivity contribution in [1.29, 1.82) is 0 Å². The maximum absolute atomic E-state index is 12.1. The van der Waals surface area contributed by atoms with E-state index in [9.17, 15) is 4.79 Å². The first-order valence-electron chi connectivity index (χ1n) is 43.1. The lowest BCUT2D eigenvalue weighted by atomic mass is 9.78. The number of methoxy groups -OCH3 is 1.